The quantitative estimate of drug-likeness (QED) is 0.613. The van der Waals surface area contributed by atoms with Crippen molar-refractivity contribution in [2.75, 3.05) is 13.1 Å². The van der Waals surface area contributed by atoms with Gasteiger partial charge in [-0.05, 0) is 45.1 Å². The fourth-order valence-corrected chi connectivity index (χ4v) is 4.08. The van der Waals surface area contributed by atoms with Gasteiger partial charge in [0.25, 0.3) is 0 Å². The normalized spacial score (nSPS) is 20.4. The van der Waals surface area contributed by atoms with Crippen LogP contribution < -0.4 is 0 Å². The predicted octanol–water partition coefficient (Wildman–Crippen LogP) is 4.45. The molecule has 1 aromatic heterocycles. The van der Waals surface area contributed by atoms with E-state index in [4.69, 9.17) is 22.1 Å². The van der Waals surface area contributed by atoms with Crippen LogP contribution in [-0.2, 0) is 11.4 Å². The van der Waals surface area contributed by atoms with Crippen molar-refractivity contribution in [1.82, 2.24) is 19.2 Å². The van der Waals surface area contributed by atoms with E-state index in [1.165, 1.54) is 5.56 Å². The van der Waals surface area contributed by atoms with Crippen molar-refractivity contribution in [1.29, 1.82) is 0 Å². The summed E-state index contributed by atoms with van der Waals surface area (Å²) in [5.74, 6) is 0.866. The summed E-state index contributed by atoms with van der Waals surface area (Å²) >= 11 is 5.85. The Morgan fingerprint density at radius 1 is 1.00 bits per heavy atom. The summed E-state index contributed by atoms with van der Waals surface area (Å²) in [6.45, 7) is 8.74. The van der Waals surface area contributed by atoms with Gasteiger partial charge in [-0.1, -0.05) is 48.0 Å². The van der Waals surface area contributed by atoms with Crippen LogP contribution in [0.3, 0.4) is 0 Å². The molecule has 2 unspecified atom stereocenters. The molecule has 0 bridgehead atoms. The predicted molar refractivity (Wildman–Crippen MR) is 114 cm³/mol. The summed E-state index contributed by atoms with van der Waals surface area (Å²) < 4.78 is 10.6. The molecule has 0 radical (unpaired) electrons. The first-order valence-corrected chi connectivity index (χ1v) is 10.1. The zero-order chi connectivity index (χ0) is 19.7. The summed E-state index contributed by atoms with van der Waals surface area (Å²) in [6, 6.07) is 18.6. The standard InChI is InChI=1S/C22H26N4OS/c1-16-9-11-19(12-10-16)21-23-25(15-24-13-17(2)27-18(3)14-24)22(28)26(21)20-7-5-4-6-8-20/h4-12,17-18H,13-15H2,1-3H3. The lowest BCUT2D eigenvalue weighted by atomic mass is 10.1. The largest absolute Gasteiger partial charge is 0.373 e. The Morgan fingerprint density at radius 2 is 1.64 bits per heavy atom. The van der Waals surface area contributed by atoms with E-state index in [1.54, 1.807) is 0 Å². The van der Waals surface area contributed by atoms with Gasteiger partial charge in [0.05, 0.1) is 18.9 Å². The summed E-state index contributed by atoms with van der Waals surface area (Å²) in [6.07, 6.45) is 0.427. The average Bonchev–Trinajstić information content (AvgIpc) is 2.98. The molecule has 0 spiro atoms. The van der Waals surface area contributed by atoms with Crippen LogP contribution in [0.2, 0.25) is 0 Å². The number of nitrogens with zero attached hydrogens (tertiary/aromatic N) is 4. The molecule has 4 rings (SSSR count). The average molecular weight is 395 g/mol. The maximum atomic E-state index is 5.86. The number of aryl methyl sites for hydroxylation is 1. The smallest absolute Gasteiger partial charge is 0.204 e. The van der Waals surface area contributed by atoms with E-state index in [9.17, 15) is 0 Å². The minimum Gasteiger partial charge on any atom is -0.373 e. The van der Waals surface area contributed by atoms with Gasteiger partial charge in [0.15, 0.2) is 5.82 Å². The van der Waals surface area contributed by atoms with Gasteiger partial charge in [-0.3, -0.25) is 9.47 Å². The zero-order valence-electron chi connectivity index (χ0n) is 16.6. The SMILES string of the molecule is Cc1ccc(-c2nn(CN3CC(C)OC(C)C3)c(=S)n2-c2ccccc2)cc1. The molecule has 1 aliphatic rings. The van der Waals surface area contributed by atoms with E-state index in [-0.39, 0.29) is 12.2 Å². The zero-order valence-corrected chi connectivity index (χ0v) is 17.4. The molecular formula is C22H26N4OS. The second-order valence-corrected chi connectivity index (χ2v) is 7.94. The molecule has 146 valence electrons. The van der Waals surface area contributed by atoms with Crippen molar-refractivity contribution in [3.63, 3.8) is 0 Å². The number of rotatable bonds is 4. The maximum absolute atomic E-state index is 5.86. The van der Waals surface area contributed by atoms with Gasteiger partial charge >= 0.3 is 0 Å². The minimum atomic E-state index is 0.214. The third kappa shape index (κ3) is 3.94. The highest BCUT2D eigenvalue weighted by molar-refractivity contribution is 7.71. The third-order valence-corrected chi connectivity index (χ3v) is 5.39. The van der Waals surface area contributed by atoms with Crippen LogP contribution in [0.5, 0.6) is 0 Å². The molecule has 2 atom stereocenters. The lowest BCUT2D eigenvalue weighted by molar-refractivity contribution is -0.0777. The number of ether oxygens (including phenoxy) is 1. The molecule has 3 aromatic rings. The number of benzene rings is 2. The van der Waals surface area contributed by atoms with E-state index in [2.05, 4.69) is 66.6 Å². The van der Waals surface area contributed by atoms with Crippen LogP contribution >= 0.6 is 12.2 Å². The fraction of sp³-hybridized carbons (Fsp3) is 0.364. The van der Waals surface area contributed by atoms with Crippen LogP contribution in [0.15, 0.2) is 54.6 Å². The molecule has 0 N–H and O–H groups in total. The van der Waals surface area contributed by atoms with E-state index in [0.717, 1.165) is 30.2 Å². The molecular weight excluding hydrogens is 368 g/mol. The number of hydrogen-bond donors (Lipinski definition) is 0. The summed E-state index contributed by atoms with van der Waals surface area (Å²) in [4.78, 5) is 2.36. The summed E-state index contributed by atoms with van der Waals surface area (Å²) in [5, 5.41) is 4.92. The van der Waals surface area contributed by atoms with E-state index in [0.29, 0.717) is 11.4 Å². The van der Waals surface area contributed by atoms with Gasteiger partial charge < -0.3 is 4.74 Å². The highest BCUT2D eigenvalue weighted by Gasteiger charge is 2.24. The fourth-order valence-electron chi connectivity index (χ4n) is 3.79. The van der Waals surface area contributed by atoms with Crippen LogP contribution in [0.1, 0.15) is 19.4 Å². The Morgan fingerprint density at radius 3 is 2.29 bits per heavy atom. The molecule has 1 aliphatic heterocycles. The molecule has 1 saturated heterocycles. The Hall–Kier alpha value is -2.28. The van der Waals surface area contributed by atoms with Crippen molar-refractivity contribution in [2.45, 2.75) is 39.6 Å². The Labute approximate surface area is 171 Å². The van der Waals surface area contributed by atoms with Gasteiger partial charge in [0.1, 0.15) is 0 Å². The monoisotopic (exact) mass is 394 g/mol. The van der Waals surface area contributed by atoms with Gasteiger partial charge in [-0.15, -0.1) is 5.10 Å². The van der Waals surface area contributed by atoms with Crippen LogP contribution in [0, 0.1) is 11.7 Å². The molecule has 28 heavy (non-hydrogen) atoms. The lowest BCUT2D eigenvalue weighted by Crippen LogP contribution is -2.46. The number of aromatic nitrogens is 3. The van der Waals surface area contributed by atoms with Crippen molar-refractivity contribution in [3.8, 4) is 17.1 Å². The number of hydrogen-bond acceptors (Lipinski definition) is 4. The minimum absolute atomic E-state index is 0.214. The first-order valence-electron chi connectivity index (χ1n) is 9.71. The molecule has 0 amide bonds. The first kappa shape index (κ1) is 19.1. The Kier molecular flexibility index (Phi) is 5.44. The van der Waals surface area contributed by atoms with Crippen LogP contribution in [0.25, 0.3) is 17.1 Å². The lowest BCUT2D eigenvalue weighted by Gasteiger charge is -2.34. The molecule has 2 aromatic carbocycles. The van der Waals surface area contributed by atoms with Gasteiger partial charge in [0, 0.05) is 24.3 Å². The molecule has 1 fully saturated rings. The summed E-state index contributed by atoms with van der Waals surface area (Å²) in [7, 11) is 0. The van der Waals surface area contributed by atoms with Crippen molar-refractivity contribution < 1.29 is 4.74 Å². The Balaban J connectivity index is 1.76. The van der Waals surface area contributed by atoms with Crippen molar-refractivity contribution >= 4 is 12.2 Å². The second kappa shape index (κ2) is 7.99. The van der Waals surface area contributed by atoms with Gasteiger partial charge in [-0.2, -0.15) is 0 Å². The van der Waals surface area contributed by atoms with Crippen LogP contribution in [0.4, 0.5) is 0 Å². The number of para-hydroxylation sites is 1. The topological polar surface area (TPSA) is 35.2 Å². The molecule has 6 heteroatoms. The molecule has 0 aliphatic carbocycles. The second-order valence-electron chi connectivity index (χ2n) is 7.58. The molecule has 5 nitrogen and oxygen atoms in total. The van der Waals surface area contributed by atoms with Gasteiger partial charge in [-0.25, -0.2) is 4.68 Å². The van der Waals surface area contributed by atoms with E-state index < -0.39 is 0 Å². The number of morpholine rings is 1. The van der Waals surface area contributed by atoms with E-state index >= 15 is 0 Å². The maximum Gasteiger partial charge on any atom is 0.204 e. The van der Waals surface area contributed by atoms with E-state index in [1.807, 2.05) is 22.9 Å². The molecule has 0 saturated carbocycles. The van der Waals surface area contributed by atoms with Crippen molar-refractivity contribution in [3.05, 3.63) is 64.9 Å². The van der Waals surface area contributed by atoms with Gasteiger partial charge in [0.2, 0.25) is 4.77 Å². The van der Waals surface area contributed by atoms with Crippen molar-refractivity contribution in [2.24, 2.45) is 0 Å². The Bertz CT molecular complexity index is 984. The highest BCUT2D eigenvalue weighted by atomic mass is 32.1. The van der Waals surface area contributed by atoms with Crippen LogP contribution in [-0.4, -0.2) is 44.5 Å². The summed E-state index contributed by atoms with van der Waals surface area (Å²) in [5.41, 5.74) is 3.31. The third-order valence-electron chi connectivity index (χ3n) is 4.99. The molecule has 2 heterocycles. The first-order chi connectivity index (χ1) is 13.5. The highest BCUT2D eigenvalue weighted by Crippen LogP contribution is 2.23.